The molecule has 2 heterocycles. The highest BCUT2D eigenvalue weighted by atomic mass is 16.4. The highest BCUT2D eigenvalue weighted by molar-refractivity contribution is 5.97. The van der Waals surface area contributed by atoms with Gasteiger partial charge < -0.3 is 58.2 Å². The van der Waals surface area contributed by atoms with Gasteiger partial charge in [-0.15, -0.1) is 0 Å². The number of aromatic nitrogens is 3. The fourth-order valence-electron chi connectivity index (χ4n) is 7.77. The molecule has 0 saturated heterocycles. The summed E-state index contributed by atoms with van der Waals surface area (Å²) in [6, 6.07) is 23.8. The van der Waals surface area contributed by atoms with E-state index in [-0.39, 0.29) is 44.3 Å². The molecule has 356 valence electrons. The zero-order valence-corrected chi connectivity index (χ0v) is 37.4. The number of hydrogen-bond acceptors (Lipinski definition) is 10. The van der Waals surface area contributed by atoms with Crippen molar-refractivity contribution in [3.63, 3.8) is 0 Å². The standard InChI is InChI=1S/C50H58N10O8/c51-22-10-9-17-40(46(63)60-44(50(67)68)25-32-13-5-2-6-14-32)56-47(64)41(23-31-11-3-1-4-12-31)58-48(65)42(24-33-18-20-36(61)21-19-33)59-49(66)43(27-35-29-53-30-55-35)57-45(62)38(52)26-34-28-54-39-16-8-7-15-37(34)39/h1-8,11-16,18-21,28-30,38,40-44,54,61H,9-10,17,22-27,51-52H2,(H,53,55)(H,56,64)(H,57,62)(H,58,65)(H,59,66)(H,60,63)(H,67,68)/t38-,40-,41+,42-,43+,44-/m0/s1. The number of benzene rings is 4. The van der Waals surface area contributed by atoms with E-state index in [0.717, 1.165) is 16.5 Å². The van der Waals surface area contributed by atoms with E-state index in [1.807, 2.05) is 24.3 Å². The number of fused-ring (bicyclic) bond motifs is 1. The number of carbonyl (C=O) groups excluding carboxylic acids is 5. The van der Waals surface area contributed by atoms with Crippen LogP contribution in [0.4, 0.5) is 0 Å². The van der Waals surface area contributed by atoms with Crippen LogP contribution in [0, 0.1) is 0 Å². The molecule has 6 rings (SSSR count). The Labute approximate surface area is 393 Å². The summed E-state index contributed by atoms with van der Waals surface area (Å²) in [7, 11) is 0. The third kappa shape index (κ3) is 14.6. The summed E-state index contributed by atoms with van der Waals surface area (Å²) in [5.41, 5.74) is 16.2. The fourth-order valence-corrected chi connectivity index (χ4v) is 7.77. The predicted molar refractivity (Wildman–Crippen MR) is 255 cm³/mol. The Kier molecular flexibility index (Phi) is 18.0. The number of aromatic hydroxyl groups is 1. The second kappa shape index (κ2) is 24.6. The van der Waals surface area contributed by atoms with Crippen molar-refractivity contribution in [1.82, 2.24) is 41.5 Å². The number of nitrogens with two attached hydrogens (primary N) is 2. The molecule has 6 aromatic rings. The Morgan fingerprint density at radius 2 is 1.06 bits per heavy atom. The first-order valence-corrected chi connectivity index (χ1v) is 22.5. The lowest BCUT2D eigenvalue weighted by molar-refractivity contribution is -0.142. The summed E-state index contributed by atoms with van der Waals surface area (Å²) < 4.78 is 0. The molecule has 18 nitrogen and oxygen atoms in total. The lowest BCUT2D eigenvalue weighted by Gasteiger charge is -2.27. The summed E-state index contributed by atoms with van der Waals surface area (Å²) in [5.74, 6) is -4.90. The number of unbranched alkanes of at least 4 members (excludes halogenated alkanes) is 1. The molecule has 0 aliphatic heterocycles. The first-order valence-electron chi connectivity index (χ1n) is 22.5. The van der Waals surface area contributed by atoms with Gasteiger partial charge in [0.1, 0.15) is 36.0 Å². The number of aliphatic carboxylic acids is 1. The van der Waals surface area contributed by atoms with Crippen LogP contribution in [0.2, 0.25) is 0 Å². The van der Waals surface area contributed by atoms with E-state index >= 15 is 0 Å². The van der Waals surface area contributed by atoms with Crippen molar-refractivity contribution >= 4 is 46.4 Å². The van der Waals surface area contributed by atoms with Crippen LogP contribution in [-0.2, 0) is 60.9 Å². The molecular formula is C50H58N10O8. The molecule has 0 saturated carbocycles. The van der Waals surface area contributed by atoms with Crippen molar-refractivity contribution < 1.29 is 39.0 Å². The van der Waals surface area contributed by atoms with E-state index in [4.69, 9.17) is 11.5 Å². The third-order valence-electron chi connectivity index (χ3n) is 11.5. The van der Waals surface area contributed by atoms with E-state index in [9.17, 15) is 39.0 Å². The molecule has 68 heavy (non-hydrogen) atoms. The Hall–Kier alpha value is -7.83. The Morgan fingerprint density at radius 3 is 1.63 bits per heavy atom. The highest BCUT2D eigenvalue weighted by Crippen LogP contribution is 2.19. The van der Waals surface area contributed by atoms with Crippen LogP contribution in [0.15, 0.2) is 128 Å². The normalized spacial score (nSPS) is 13.8. The Morgan fingerprint density at radius 1 is 0.559 bits per heavy atom. The smallest absolute Gasteiger partial charge is 0.326 e. The quantitative estimate of drug-likeness (QED) is 0.0370. The number of amides is 5. The molecule has 0 aliphatic carbocycles. The molecule has 2 aromatic heterocycles. The highest BCUT2D eigenvalue weighted by Gasteiger charge is 2.34. The molecule has 0 spiro atoms. The number of rotatable bonds is 25. The van der Waals surface area contributed by atoms with Crippen molar-refractivity contribution in [2.45, 2.75) is 87.6 Å². The van der Waals surface area contributed by atoms with Crippen LogP contribution >= 0.6 is 0 Å². The van der Waals surface area contributed by atoms with E-state index in [0.29, 0.717) is 41.8 Å². The first-order chi connectivity index (χ1) is 32.9. The van der Waals surface area contributed by atoms with E-state index in [1.54, 1.807) is 85.2 Å². The van der Waals surface area contributed by atoms with Crippen LogP contribution in [-0.4, -0.2) is 103 Å². The minimum atomic E-state index is -1.35. The maximum absolute atomic E-state index is 14.6. The Bertz CT molecular complexity index is 2590. The number of carbonyl (C=O) groups is 6. The molecule has 0 bridgehead atoms. The summed E-state index contributed by atoms with van der Waals surface area (Å²) >= 11 is 0. The van der Waals surface area contributed by atoms with Gasteiger partial charge in [-0.3, -0.25) is 24.0 Å². The zero-order valence-electron chi connectivity index (χ0n) is 37.4. The SMILES string of the molecule is NCCCC[C@H](NC(=O)[C@@H](Cc1ccccc1)NC(=O)[C@H](Cc1ccc(O)cc1)NC(=O)[C@@H](Cc1c[nH]cn1)NC(=O)[C@@H](N)Cc1c[nH]c2ccccc12)C(=O)N[C@@H](Cc1ccccc1)C(=O)O. The van der Waals surface area contributed by atoms with Crippen LogP contribution in [0.1, 0.15) is 47.2 Å². The van der Waals surface area contributed by atoms with E-state index < -0.39 is 71.8 Å². The number of imidazole rings is 1. The number of carboxylic acid groups (broad SMARTS) is 1. The Balaban J connectivity index is 1.23. The molecular weight excluding hydrogens is 869 g/mol. The lowest BCUT2D eigenvalue weighted by atomic mass is 10.0. The van der Waals surface area contributed by atoms with Crippen LogP contribution in [0.25, 0.3) is 10.9 Å². The van der Waals surface area contributed by atoms with Gasteiger partial charge in [0.2, 0.25) is 29.5 Å². The number of phenolic OH excluding ortho intramolecular Hbond substituents is 1. The van der Waals surface area contributed by atoms with Crippen LogP contribution in [0.3, 0.4) is 0 Å². The lowest BCUT2D eigenvalue weighted by Crippen LogP contribution is -2.60. The monoisotopic (exact) mass is 926 g/mol. The average Bonchev–Trinajstić information content (AvgIpc) is 4.01. The molecule has 0 fully saturated rings. The van der Waals surface area contributed by atoms with Crippen LogP contribution < -0.4 is 38.1 Å². The molecule has 13 N–H and O–H groups in total. The van der Waals surface area contributed by atoms with Gasteiger partial charge in [0.15, 0.2) is 0 Å². The first kappa shape index (κ1) is 49.6. The van der Waals surface area contributed by atoms with Crippen molar-refractivity contribution in [2.75, 3.05) is 6.54 Å². The van der Waals surface area contributed by atoms with Gasteiger partial charge in [-0.1, -0.05) is 91.0 Å². The number of para-hydroxylation sites is 1. The van der Waals surface area contributed by atoms with Crippen molar-refractivity contribution in [3.05, 3.63) is 156 Å². The predicted octanol–water partition coefficient (Wildman–Crippen LogP) is 2.07. The topological polar surface area (TPSA) is 300 Å². The largest absolute Gasteiger partial charge is 0.508 e. The molecule has 0 unspecified atom stereocenters. The number of phenols is 1. The minimum Gasteiger partial charge on any atom is -0.508 e. The average molecular weight is 927 g/mol. The number of aromatic amines is 2. The summed E-state index contributed by atoms with van der Waals surface area (Å²) in [4.78, 5) is 93.5. The molecule has 6 atom stereocenters. The second-order valence-electron chi connectivity index (χ2n) is 16.6. The van der Waals surface area contributed by atoms with E-state index in [2.05, 4.69) is 41.5 Å². The van der Waals surface area contributed by atoms with Crippen molar-refractivity contribution in [1.29, 1.82) is 0 Å². The van der Waals surface area contributed by atoms with Gasteiger partial charge >= 0.3 is 5.97 Å². The van der Waals surface area contributed by atoms with Gasteiger partial charge in [0.25, 0.3) is 0 Å². The van der Waals surface area contributed by atoms with Crippen LogP contribution in [0.5, 0.6) is 5.75 Å². The maximum Gasteiger partial charge on any atom is 0.326 e. The summed E-state index contributed by atoms with van der Waals surface area (Å²) in [6.07, 6.45) is 5.77. The summed E-state index contributed by atoms with van der Waals surface area (Å²) in [5, 5.41) is 34.7. The number of nitrogens with one attached hydrogen (secondary N) is 7. The van der Waals surface area contributed by atoms with Gasteiger partial charge in [-0.2, -0.15) is 0 Å². The molecule has 4 aromatic carbocycles. The van der Waals surface area contributed by atoms with Crippen molar-refractivity contribution in [3.8, 4) is 5.75 Å². The molecule has 0 radical (unpaired) electrons. The maximum atomic E-state index is 14.6. The summed E-state index contributed by atoms with van der Waals surface area (Å²) in [6.45, 7) is 0.318. The number of hydrogen-bond donors (Lipinski definition) is 11. The molecule has 0 aliphatic rings. The molecule has 5 amide bonds. The second-order valence-corrected chi connectivity index (χ2v) is 16.6. The van der Waals surface area contributed by atoms with Gasteiger partial charge in [-0.05, 0) is 72.7 Å². The van der Waals surface area contributed by atoms with Crippen molar-refractivity contribution in [2.24, 2.45) is 11.5 Å². The van der Waals surface area contributed by atoms with Gasteiger partial charge in [0.05, 0.1) is 18.1 Å². The molecule has 18 heteroatoms. The van der Waals surface area contributed by atoms with E-state index in [1.165, 1.54) is 18.5 Å². The fraction of sp³-hybridized carbons (Fsp3) is 0.300. The number of nitrogens with zero attached hydrogens (tertiary/aromatic N) is 1. The minimum absolute atomic E-state index is 0.00371. The van der Waals surface area contributed by atoms with Gasteiger partial charge in [0, 0.05) is 49.0 Å². The number of carboxylic acids is 1. The number of H-pyrrole nitrogens is 2. The van der Waals surface area contributed by atoms with Gasteiger partial charge in [-0.25, -0.2) is 9.78 Å². The third-order valence-corrected chi connectivity index (χ3v) is 11.5. The zero-order chi connectivity index (χ0) is 48.4.